The van der Waals surface area contributed by atoms with E-state index in [1.165, 1.54) is 7.11 Å². The van der Waals surface area contributed by atoms with Gasteiger partial charge in [0.15, 0.2) is 7.11 Å². The van der Waals surface area contributed by atoms with Crippen LogP contribution < -0.4 is 5.26 Å². The minimum atomic E-state index is 0.188. The smallest absolute Gasteiger partial charge is 0.496 e. The van der Waals surface area contributed by atoms with Gasteiger partial charge in [-0.2, -0.15) is 0 Å². The Labute approximate surface area is 61.2 Å². The summed E-state index contributed by atoms with van der Waals surface area (Å²) in [5.41, 5.74) is 0. The van der Waals surface area contributed by atoms with Gasteiger partial charge < -0.3 is 9.99 Å². The van der Waals surface area contributed by atoms with Gasteiger partial charge in [0.05, 0.1) is 0 Å². The molecule has 0 atom stereocenters. The lowest BCUT2D eigenvalue weighted by atomic mass is 10.2. The number of hydrogen-bond acceptors (Lipinski definition) is 2. The molecule has 0 saturated carbocycles. The third-order valence-corrected chi connectivity index (χ3v) is 1.31. The maximum Gasteiger partial charge on any atom is 0.496 e. The molecule has 10 heavy (non-hydrogen) atoms. The molecule has 0 heterocycles. The van der Waals surface area contributed by atoms with Crippen LogP contribution in [0.1, 0.15) is 32.6 Å². The van der Waals surface area contributed by atoms with Gasteiger partial charge >= 0.3 is 5.97 Å². The highest BCUT2D eigenvalue weighted by Crippen LogP contribution is 1.99. The summed E-state index contributed by atoms with van der Waals surface area (Å²) in [6, 6.07) is 0. The number of unbranched alkanes of at least 4 members (excludes halogenated alkanes) is 2. The van der Waals surface area contributed by atoms with Crippen LogP contribution in [0.15, 0.2) is 0 Å². The van der Waals surface area contributed by atoms with Gasteiger partial charge in [-0.05, 0) is 6.42 Å². The van der Waals surface area contributed by atoms with Gasteiger partial charge in [0.1, 0.15) is 6.42 Å². The minimum absolute atomic E-state index is 0.188. The average Bonchev–Trinajstić information content (AvgIpc) is 1.99. The van der Waals surface area contributed by atoms with E-state index in [9.17, 15) is 5.26 Å². The van der Waals surface area contributed by atoms with Crippen LogP contribution >= 0.6 is 0 Å². The molecule has 0 amide bonds. The van der Waals surface area contributed by atoms with Crippen molar-refractivity contribution in [1.82, 2.24) is 0 Å². The average molecular weight is 146 g/mol. The molecule has 0 fully saturated rings. The van der Waals surface area contributed by atoms with E-state index < -0.39 is 0 Å². The van der Waals surface area contributed by atoms with Crippen LogP contribution in [0.5, 0.6) is 0 Å². The lowest BCUT2D eigenvalue weighted by Gasteiger charge is -1.92. The molecule has 0 aliphatic heterocycles. The predicted octanol–water partition coefficient (Wildman–Crippen LogP) is 0.551. The van der Waals surface area contributed by atoms with Crippen LogP contribution in [0.3, 0.4) is 0 Å². The summed E-state index contributed by atoms with van der Waals surface area (Å²) in [5, 5.41) is 9.79. The normalized spacial score (nSPS) is 11.6. The van der Waals surface area contributed by atoms with Gasteiger partial charge in [-0.3, -0.25) is 4.58 Å². The minimum Gasteiger partial charge on any atom is -0.588 e. The fourth-order valence-corrected chi connectivity index (χ4v) is 0.697. The van der Waals surface area contributed by atoms with E-state index in [-0.39, 0.29) is 5.97 Å². The van der Waals surface area contributed by atoms with E-state index in [1.807, 2.05) is 0 Å². The first kappa shape index (κ1) is 9.27. The molecule has 0 saturated heterocycles. The quantitative estimate of drug-likeness (QED) is 0.191. The van der Waals surface area contributed by atoms with Gasteiger partial charge in [0.2, 0.25) is 0 Å². The van der Waals surface area contributed by atoms with Crippen LogP contribution in [-0.2, 0) is 9.31 Å². The Balaban J connectivity index is 3.27. The van der Waals surface area contributed by atoms with Crippen LogP contribution in [0, 0.1) is 0 Å². The van der Waals surface area contributed by atoms with Crippen molar-refractivity contribution in [2.45, 2.75) is 32.6 Å². The molecule has 3 nitrogen and oxygen atoms in total. The van der Waals surface area contributed by atoms with E-state index in [1.54, 1.807) is 0 Å². The zero-order chi connectivity index (χ0) is 7.82. The van der Waals surface area contributed by atoms with Gasteiger partial charge in [-0.15, -0.1) is 0 Å². The van der Waals surface area contributed by atoms with Gasteiger partial charge in [-0.1, -0.05) is 19.8 Å². The predicted molar refractivity (Wildman–Crippen MR) is 36.2 cm³/mol. The van der Waals surface area contributed by atoms with Crippen LogP contribution in [0.2, 0.25) is 0 Å². The maximum absolute atomic E-state index is 9.79. The fraction of sp³-hybridized carbons (Fsp3) is 0.857. The van der Waals surface area contributed by atoms with Crippen LogP contribution in [0.4, 0.5) is 0 Å². The van der Waals surface area contributed by atoms with E-state index in [0.717, 1.165) is 19.3 Å². The first-order valence-corrected chi connectivity index (χ1v) is 3.54. The zero-order valence-electron chi connectivity index (χ0n) is 6.55. The molecule has 0 spiro atoms. The van der Waals surface area contributed by atoms with Gasteiger partial charge in [-0.25, -0.2) is 0 Å². The Kier molecular flexibility index (Phi) is 5.92. The second-order valence-electron chi connectivity index (χ2n) is 2.12. The third-order valence-electron chi connectivity index (χ3n) is 1.31. The molecule has 3 heteroatoms. The highest BCUT2D eigenvalue weighted by atomic mass is 17.1. The molecule has 0 unspecified atom stereocenters. The van der Waals surface area contributed by atoms with E-state index in [4.69, 9.17) is 0 Å². The summed E-state index contributed by atoms with van der Waals surface area (Å²) >= 11 is 0. The molecule has 0 radical (unpaired) electrons. The van der Waals surface area contributed by atoms with Gasteiger partial charge in [0, 0.05) is 0 Å². The maximum atomic E-state index is 9.79. The summed E-state index contributed by atoms with van der Waals surface area (Å²) < 4.78 is 8.32. The summed E-state index contributed by atoms with van der Waals surface area (Å²) in [7, 11) is 1.44. The molecule has 0 bridgehead atoms. The summed E-state index contributed by atoms with van der Waals surface area (Å²) in [5.74, 6) is 0.188. The monoisotopic (exact) mass is 146 g/mol. The second-order valence-corrected chi connectivity index (χ2v) is 2.12. The van der Waals surface area contributed by atoms with E-state index in [2.05, 4.69) is 16.2 Å². The summed E-state index contributed by atoms with van der Waals surface area (Å²) in [6.45, 7) is 2.10. The molecule has 0 rings (SSSR count). The molecule has 0 aromatic carbocycles. The Bertz CT molecular complexity index is 99.0. The number of carbonyl (C=O) groups excluding carboxylic acids is 1. The van der Waals surface area contributed by atoms with Crippen LogP contribution in [0.25, 0.3) is 0 Å². The second kappa shape index (κ2) is 6.39. The van der Waals surface area contributed by atoms with Gasteiger partial charge in [0.25, 0.3) is 0 Å². The Hall–Kier alpha value is -0.730. The standard InChI is InChI=1S/C7H14O3/c1-3-4-5-6-7(9-2)10-8/h3-6H2,1-2H3. The van der Waals surface area contributed by atoms with E-state index >= 15 is 0 Å². The van der Waals surface area contributed by atoms with Crippen molar-refractivity contribution in [2.24, 2.45) is 0 Å². The lowest BCUT2D eigenvalue weighted by molar-refractivity contribution is -1.05. The number of esters is 1. The molecule has 0 aromatic rings. The molecule has 0 aliphatic carbocycles. The summed E-state index contributed by atoms with van der Waals surface area (Å²) in [4.78, 5) is 0. The van der Waals surface area contributed by atoms with Crippen molar-refractivity contribution < 1.29 is 14.6 Å². The van der Waals surface area contributed by atoms with Crippen molar-refractivity contribution in [1.29, 1.82) is 0 Å². The van der Waals surface area contributed by atoms with Crippen molar-refractivity contribution in [3.8, 4) is 0 Å². The number of hydrogen-bond donors (Lipinski definition) is 0. The molecule has 60 valence electrons. The number of methoxy groups -OCH3 is 1. The molecular weight excluding hydrogens is 132 g/mol. The van der Waals surface area contributed by atoms with E-state index in [0.29, 0.717) is 6.42 Å². The molecule has 0 aliphatic rings. The summed E-state index contributed by atoms with van der Waals surface area (Å²) in [6.07, 6.45) is 3.82. The number of ether oxygens (including phenoxy) is 1. The highest BCUT2D eigenvalue weighted by Gasteiger charge is 2.07. The molecule has 0 N–H and O–H groups in total. The van der Waals surface area contributed by atoms with Crippen molar-refractivity contribution in [3.63, 3.8) is 0 Å². The lowest BCUT2D eigenvalue weighted by Crippen LogP contribution is -2.11. The third kappa shape index (κ3) is 4.18. The number of rotatable bonds is 4. The first-order valence-electron chi connectivity index (χ1n) is 3.54. The highest BCUT2D eigenvalue weighted by molar-refractivity contribution is 5.69. The molecular formula is C7H14O3. The van der Waals surface area contributed by atoms with Crippen molar-refractivity contribution >= 4 is 5.97 Å². The largest absolute Gasteiger partial charge is 0.588 e. The Morgan fingerprint density at radius 3 is 2.60 bits per heavy atom. The SMILES string of the molecule is CCCCCC(OC)=[O+][O-]. The topological polar surface area (TPSA) is 43.6 Å². The first-order chi connectivity index (χ1) is 4.85. The zero-order valence-corrected chi connectivity index (χ0v) is 6.55. The Morgan fingerprint density at radius 1 is 1.50 bits per heavy atom. The van der Waals surface area contributed by atoms with Crippen molar-refractivity contribution in [3.05, 3.63) is 0 Å². The molecule has 0 aromatic heterocycles. The van der Waals surface area contributed by atoms with Crippen LogP contribution in [-0.4, -0.2) is 13.1 Å². The Morgan fingerprint density at radius 2 is 2.20 bits per heavy atom. The van der Waals surface area contributed by atoms with Crippen molar-refractivity contribution in [2.75, 3.05) is 7.11 Å². The fourth-order valence-electron chi connectivity index (χ4n) is 0.697.